The molecule has 0 aliphatic rings. The molecule has 2 N–H and O–H groups in total. The van der Waals surface area contributed by atoms with Gasteiger partial charge in [0.1, 0.15) is 0 Å². The molecule has 1 heterocycles. The fraction of sp³-hybridized carbons (Fsp3) is 0.333. The second-order valence-corrected chi connectivity index (χ2v) is 2.57. The van der Waals surface area contributed by atoms with Gasteiger partial charge >= 0.3 is 0 Å². The monoisotopic (exact) mass is 173 g/mol. The molecule has 0 aromatic carbocycles. The number of amides is 1. The summed E-state index contributed by atoms with van der Waals surface area (Å²) < 4.78 is 1.58. The van der Waals surface area contributed by atoms with Crippen LogP contribution < -0.4 is 5.73 Å². The molecule has 0 saturated heterocycles. The number of halogens is 1. The molecule has 0 aliphatic heterocycles. The number of rotatable bonds is 3. The Morgan fingerprint density at radius 1 is 1.82 bits per heavy atom. The van der Waals surface area contributed by atoms with Crippen LogP contribution in [0.2, 0.25) is 5.02 Å². The van der Waals surface area contributed by atoms with Crippen molar-refractivity contribution in [2.45, 2.75) is 13.0 Å². The second-order valence-electron chi connectivity index (χ2n) is 2.14. The molecule has 0 aliphatic carbocycles. The van der Waals surface area contributed by atoms with Gasteiger partial charge in [0.15, 0.2) is 0 Å². The molecule has 0 radical (unpaired) electrons. The van der Waals surface area contributed by atoms with Gasteiger partial charge in [0.2, 0.25) is 5.91 Å². The van der Waals surface area contributed by atoms with Crippen molar-refractivity contribution in [1.29, 1.82) is 0 Å². The maximum Gasteiger partial charge on any atom is 0.219 e. The highest BCUT2D eigenvalue weighted by molar-refractivity contribution is 6.30. The van der Waals surface area contributed by atoms with Gasteiger partial charge < -0.3 is 5.73 Å². The SMILES string of the molecule is NC(=O)CCn1cc(Cl)cn1. The molecule has 1 rings (SSSR count). The smallest absolute Gasteiger partial charge is 0.219 e. The molecule has 0 bridgehead atoms. The summed E-state index contributed by atoms with van der Waals surface area (Å²) in [4.78, 5) is 10.3. The van der Waals surface area contributed by atoms with Crippen LogP contribution in [0.5, 0.6) is 0 Å². The number of nitrogens with zero attached hydrogens (tertiary/aromatic N) is 2. The zero-order chi connectivity index (χ0) is 8.27. The van der Waals surface area contributed by atoms with E-state index in [1.54, 1.807) is 10.9 Å². The summed E-state index contributed by atoms with van der Waals surface area (Å²) in [5.74, 6) is -0.336. The summed E-state index contributed by atoms with van der Waals surface area (Å²) in [6.45, 7) is 0.488. The highest BCUT2D eigenvalue weighted by Gasteiger charge is 1.97. The minimum Gasteiger partial charge on any atom is -0.370 e. The van der Waals surface area contributed by atoms with E-state index in [1.807, 2.05) is 0 Å². The van der Waals surface area contributed by atoms with E-state index in [1.165, 1.54) is 6.20 Å². The van der Waals surface area contributed by atoms with Crippen molar-refractivity contribution in [2.24, 2.45) is 5.73 Å². The van der Waals surface area contributed by atoms with Gasteiger partial charge in [-0.25, -0.2) is 0 Å². The summed E-state index contributed by atoms with van der Waals surface area (Å²) in [5, 5.41) is 4.43. The summed E-state index contributed by atoms with van der Waals surface area (Å²) in [5.41, 5.74) is 4.93. The fourth-order valence-corrected chi connectivity index (χ4v) is 0.842. The van der Waals surface area contributed by atoms with Crippen molar-refractivity contribution in [3.05, 3.63) is 17.4 Å². The largest absolute Gasteiger partial charge is 0.370 e. The number of hydrogen-bond acceptors (Lipinski definition) is 2. The number of aryl methyl sites for hydroxylation is 1. The van der Waals surface area contributed by atoms with Gasteiger partial charge in [-0.05, 0) is 0 Å². The Hall–Kier alpha value is -1.03. The predicted octanol–water partition coefficient (Wildman–Crippen LogP) is 0.412. The van der Waals surface area contributed by atoms with Crippen LogP contribution in [-0.2, 0) is 11.3 Å². The Bertz CT molecular complexity index is 258. The summed E-state index contributed by atoms with van der Waals surface area (Å²) in [6.07, 6.45) is 3.45. The van der Waals surface area contributed by atoms with Crippen LogP contribution >= 0.6 is 11.6 Å². The molecular formula is C6H8ClN3O. The Morgan fingerprint density at radius 2 is 2.55 bits per heavy atom. The topological polar surface area (TPSA) is 60.9 Å². The van der Waals surface area contributed by atoms with Crippen molar-refractivity contribution in [3.8, 4) is 0 Å². The Morgan fingerprint density at radius 3 is 3.00 bits per heavy atom. The van der Waals surface area contributed by atoms with Crippen molar-refractivity contribution >= 4 is 17.5 Å². The van der Waals surface area contributed by atoms with Crippen molar-refractivity contribution in [3.63, 3.8) is 0 Å². The van der Waals surface area contributed by atoms with Gasteiger partial charge in [0.05, 0.1) is 11.2 Å². The van der Waals surface area contributed by atoms with E-state index in [2.05, 4.69) is 5.10 Å². The van der Waals surface area contributed by atoms with Crippen LogP contribution in [0, 0.1) is 0 Å². The molecular weight excluding hydrogens is 166 g/mol. The quantitative estimate of drug-likeness (QED) is 0.720. The number of primary amides is 1. The number of carbonyl (C=O) groups excluding carboxylic acids is 1. The third-order valence-corrected chi connectivity index (χ3v) is 1.38. The highest BCUT2D eigenvalue weighted by Crippen LogP contribution is 2.04. The molecule has 0 atom stereocenters. The van der Waals surface area contributed by atoms with E-state index in [0.29, 0.717) is 11.6 Å². The molecule has 11 heavy (non-hydrogen) atoms. The lowest BCUT2D eigenvalue weighted by Gasteiger charge is -1.95. The van der Waals surface area contributed by atoms with Crippen molar-refractivity contribution in [2.75, 3.05) is 0 Å². The molecule has 0 fully saturated rings. The lowest BCUT2D eigenvalue weighted by Crippen LogP contribution is -2.13. The first-order valence-corrected chi connectivity index (χ1v) is 3.52. The van der Waals surface area contributed by atoms with Gasteiger partial charge in [-0.1, -0.05) is 11.6 Å². The van der Waals surface area contributed by atoms with Crippen LogP contribution in [0.4, 0.5) is 0 Å². The van der Waals surface area contributed by atoms with E-state index < -0.39 is 0 Å². The van der Waals surface area contributed by atoms with Gasteiger partial charge in [0.25, 0.3) is 0 Å². The molecule has 0 spiro atoms. The van der Waals surface area contributed by atoms with Crippen LogP contribution in [0.1, 0.15) is 6.42 Å². The number of nitrogens with two attached hydrogens (primary N) is 1. The number of aromatic nitrogens is 2. The zero-order valence-electron chi connectivity index (χ0n) is 5.83. The Labute approximate surface area is 68.9 Å². The molecule has 1 amide bonds. The van der Waals surface area contributed by atoms with Crippen molar-refractivity contribution < 1.29 is 4.79 Å². The highest BCUT2D eigenvalue weighted by atomic mass is 35.5. The van der Waals surface area contributed by atoms with Gasteiger partial charge in [-0.3, -0.25) is 9.48 Å². The predicted molar refractivity (Wildman–Crippen MR) is 41.0 cm³/mol. The normalized spacial score (nSPS) is 9.91. The summed E-state index contributed by atoms with van der Waals surface area (Å²) in [6, 6.07) is 0. The van der Waals surface area contributed by atoms with E-state index >= 15 is 0 Å². The third kappa shape index (κ3) is 2.59. The van der Waals surface area contributed by atoms with E-state index in [9.17, 15) is 4.79 Å². The van der Waals surface area contributed by atoms with Gasteiger partial charge in [-0.15, -0.1) is 0 Å². The van der Waals surface area contributed by atoms with E-state index in [4.69, 9.17) is 17.3 Å². The minimum absolute atomic E-state index is 0.290. The lowest BCUT2D eigenvalue weighted by molar-refractivity contribution is -0.118. The zero-order valence-corrected chi connectivity index (χ0v) is 6.58. The molecule has 1 aromatic rings. The standard InChI is InChI=1S/C6H8ClN3O/c7-5-3-9-10(4-5)2-1-6(8)11/h3-4H,1-2H2,(H2,8,11). The molecule has 4 nitrogen and oxygen atoms in total. The maximum atomic E-state index is 10.3. The fourth-order valence-electron chi connectivity index (χ4n) is 0.685. The van der Waals surface area contributed by atoms with Crippen LogP contribution in [0.25, 0.3) is 0 Å². The Balaban J connectivity index is 2.45. The van der Waals surface area contributed by atoms with Crippen LogP contribution in [0.15, 0.2) is 12.4 Å². The first kappa shape index (κ1) is 8.07. The third-order valence-electron chi connectivity index (χ3n) is 1.19. The average molecular weight is 174 g/mol. The molecule has 5 heteroatoms. The summed E-state index contributed by atoms with van der Waals surface area (Å²) >= 11 is 5.58. The minimum atomic E-state index is -0.336. The number of hydrogen-bond donors (Lipinski definition) is 1. The van der Waals surface area contributed by atoms with Gasteiger partial charge in [0, 0.05) is 19.2 Å². The van der Waals surface area contributed by atoms with Gasteiger partial charge in [-0.2, -0.15) is 5.10 Å². The average Bonchev–Trinajstić information content (AvgIpc) is 2.31. The van der Waals surface area contributed by atoms with Crippen LogP contribution in [0.3, 0.4) is 0 Å². The van der Waals surface area contributed by atoms with Crippen LogP contribution in [-0.4, -0.2) is 15.7 Å². The molecule has 0 saturated carbocycles. The number of carbonyl (C=O) groups is 1. The van der Waals surface area contributed by atoms with E-state index in [0.717, 1.165) is 0 Å². The lowest BCUT2D eigenvalue weighted by atomic mass is 10.4. The second kappa shape index (κ2) is 3.39. The first-order chi connectivity index (χ1) is 5.18. The first-order valence-electron chi connectivity index (χ1n) is 3.15. The summed E-state index contributed by atoms with van der Waals surface area (Å²) in [7, 11) is 0. The molecule has 1 aromatic heterocycles. The van der Waals surface area contributed by atoms with E-state index in [-0.39, 0.29) is 12.3 Å². The molecule has 0 unspecified atom stereocenters. The van der Waals surface area contributed by atoms with Crippen molar-refractivity contribution in [1.82, 2.24) is 9.78 Å². The Kier molecular flexibility index (Phi) is 2.48. The maximum absolute atomic E-state index is 10.3. The molecule has 60 valence electrons.